The maximum atomic E-state index is 12.4. The molecule has 1 atom stereocenters. The quantitative estimate of drug-likeness (QED) is 0.780. The van der Waals surface area contributed by atoms with E-state index in [9.17, 15) is 4.79 Å². The molecule has 1 heterocycles. The Morgan fingerprint density at radius 1 is 1.17 bits per heavy atom. The summed E-state index contributed by atoms with van der Waals surface area (Å²) in [6.45, 7) is 2.41. The molecule has 4 heteroatoms. The lowest BCUT2D eigenvalue weighted by Crippen LogP contribution is -2.27. The van der Waals surface area contributed by atoms with Crippen molar-refractivity contribution >= 4 is 16.7 Å². The van der Waals surface area contributed by atoms with Crippen molar-refractivity contribution in [1.29, 1.82) is 0 Å². The maximum absolute atomic E-state index is 12.4. The van der Waals surface area contributed by atoms with Crippen LogP contribution in [-0.2, 0) is 11.3 Å². The van der Waals surface area contributed by atoms with Crippen molar-refractivity contribution in [3.8, 4) is 5.75 Å². The molecule has 0 fully saturated rings. The Bertz CT molecular complexity index is 847. The molecular weight excluding hydrogens is 300 g/mol. The van der Waals surface area contributed by atoms with Crippen LogP contribution in [0, 0.1) is 0 Å². The fraction of sp³-hybridized carbons (Fsp3) is 0.200. The molecule has 0 aliphatic heterocycles. The Morgan fingerprint density at radius 3 is 2.71 bits per heavy atom. The van der Waals surface area contributed by atoms with Crippen molar-refractivity contribution in [1.82, 2.24) is 10.3 Å². The minimum Gasteiger partial charge on any atom is -0.497 e. The molecule has 0 bridgehead atoms. The maximum Gasteiger partial charge on any atom is 0.227 e. The molecule has 3 rings (SSSR count). The summed E-state index contributed by atoms with van der Waals surface area (Å²) < 4.78 is 5.24. The number of amides is 1. The van der Waals surface area contributed by atoms with Gasteiger partial charge in [-0.2, -0.15) is 0 Å². The number of carbonyl (C=O) groups is 1. The van der Waals surface area contributed by atoms with Crippen LogP contribution in [0.25, 0.3) is 10.8 Å². The number of carbonyl (C=O) groups excluding carboxylic acids is 1. The van der Waals surface area contributed by atoms with Crippen LogP contribution in [-0.4, -0.2) is 18.0 Å². The van der Waals surface area contributed by atoms with Gasteiger partial charge in [0.05, 0.1) is 13.0 Å². The summed E-state index contributed by atoms with van der Waals surface area (Å²) in [6.07, 6.45) is 3.48. The molecule has 0 saturated heterocycles. The fourth-order valence-electron chi connectivity index (χ4n) is 2.63. The van der Waals surface area contributed by atoms with E-state index in [-0.39, 0.29) is 11.8 Å². The summed E-state index contributed by atoms with van der Waals surface area (Å²) in [5, 5.41) is 5.16. The largest absolute Gasteiger partial charge is 0.497 e. The van der Waals surface area contributed by atoms with Crippen LogP contribution in [0.4, 0.5) is 0 Å². The number of fused-ring (bicyclic) bond motifs is 1. The van der Waals surface area contributed by atoms with E-state index < -0.39 is 0 Å². The molecule has 0 spiro atoms. The fourth-order valence-corrected chi connectivity index (χ4v) is 2.63. The number of aromatic nitrogens is 1. The third-order valence-electron chi connectivity index (χ3n) is 4.15. The van der Waals surface area contributed by atoms with E-state index in [2.05, 4.69) is 16.4 Å². The number of nitrogens with zero attached hydrogens (tertiary/aromatic N) is 1. The minimum absolute atomic E-state index is 0.00622. The molecule has 1 N–H and O–H groups in total. The topological polar surface area (TPSA) is 51.2 Å². The Hall–Kier alpha value is -2.88. The number of rotatable bonds is 5. The van der Waals surface area contributed by atoms with Crippen molar-refractivity contribution in [2.24, 2.45) is 0 Å². The number of methoxy groups -OCH3 is 1. The third-order valence-corrected chi connectivity index (χ3v) is 4.15. The lowest BCUT2D eigenvalue weighted by Gasteiger charge is -2.13. The molecule has 1 aromatic heterocycles. The molecule has 0 radical (unpaired) electrons. The van der Waals surface area contributed by atoms with Crippen LogP contribution in [0.5, 0.6) is 5.75 Å². The highest BCUT2D eigenvalue weighted by Crippen LogP contribution is 2.25. The van der Waals surface area contributed by atoms with Crippen molar-refractivity contribution < 1.29 is 9.53 Å². The Labute approximate surface area is 141 Å². The molecule has 3 aromatic rings. The number of ether oxygens (including phenoxy) is 1. The summed E-state index contributed by atoms with van der Waals surface area (Å²) in [5.41, 5.74) is 1.99. The van der Waals surface area contributed by atoms with E-state index in [0.29, 0.717) is 6.54 Å². The normalized spacial score (nSPS) is 11.9. The molecule has 0 aliphatic rings. The number of nitrogens with one attached hydrogen (secondary N) is 1. The van der Waals surface area contributed by atoms with E-state index in [4.69, 9.17) is 4.74 Å². The SMILES string of the molecule is COc1ccc2cc([C@H](C)C(=O)NCc3cccnc3)ccc2c1. The molecule has 0 aliphatic carbocycles. The molecule has 1 amide bonds. The summed E-state index contributed by atoms with van der Waals surface area (Å²) >= 11 is 0. The van der Waals surface area contributed by atoms with Crippen molar-refractivity contribution in [3.05, 3.63) is 72.1 Å². The highest BCUT2D eigenvalue weighted by Gasteiger charge is 2.15. The predicted molar refractivity (Wildman–Crippen MR) is 95.0 cm³/mol. The zero-order valence-corrected chi connectivity index (χ0v) is 13.8. The average molecular weight is 320 g/mol. The predicted octanol–water partition coefficient (Wildman–Crippen LogP) is 3.66. The summed E-state index contributed by atoms with van der Waals surface area (Å²) in [5.74, 6) is 0.623. The van der Waals surface area contributed by atoms with Gasteiger partial charge in [0.2, 0.25) is 5.91 Å². The molecule has 2 aromatic carbocycles. The van der Waals surface area contributed by atoms with Gasteiger partial charge in [0.1, 0.15) is 5.75 Å². The van der Waals surface area contributed by atoms with Gasteiger partial charge in [-0.05, 0) is 47.0 Å². The molecular formula is C20H20N2O2. The number of hydrogen-bond acceptors (Lipinski definition) is 3. The molecule has 0 saturated carbocycles. The van der Waals surface area contributed by atoms with Gasteiger partial charge in [0.15, 0.2) is 0 Å². The molecule has 122 valence electrons. The second kappa shape index (κ2) is 7.13. The first-order chi connectivity index (χ1) is 11.7. The van der Waals surface area contributed by atoms with Crippen LogP contribution in [0.3, 0.4) is 0 Å². The van der Waals surface area contributed by atoms with Gasteiger partial charge in [-0.15, -0.1) is 0 Å². The van der Waals surface area contributed by atoms with Crippen molar-refractivity contribution in [2.75, 3.05) is 7.11 Å². The van der Waals surface area contributed by atoms with Gasteiger partial charge in [0, 0.05) is 18.9 Å². The van der Waals surface area contributed by atoms with Gasteiger partial charge in [-0.1, -0.05) is 30.3 Å². The summed E-state index contributed by atoms with van der Waals surface area (Å²) in [7, 11) is 1.66. The van der Waals surface area contributed by atoms with Crippen molar-refractivity contribution in [3.63, 3.8) is 0 Å². The standard InChI is InChI=1S/C20H20N2O2/c1-14(20(23)22-13-15-4-3-9-21-12-15)16-5-6-18-11-19(24-2)8-7-17(18)10-16/h3-12,14H,13H2,1-2H3,(H,22,23)/t14-/m0/s1. The zero-order valence-electron chi connectivity index (χ0n) is 13.8. The molecule has 0 unspecified atom stereocenters. The lowest BCUT2D eigenvalue weighted by molar-refractivity contribution is -0.122. The van der Waals surface area contributed by atoms with Gasteiger partial charge in [0.25, 0.3) is 0 Å². The zero-order chi connectivity index (χ0) is 16.9. The summed E-state index contributed by atoms with van der Waals surface area (Å²) in [4.78, 5) is 16.5. The van der Waals surface area contributed by atoms with E-state index >= 15 is 0 Å². The number of pyridine rings is 1. The number of benzene rings is 2. The smallest absolute Gasteiger partial charge is 0.227 e. The van der Waals surface area contributed by atoms with Crippen LogP contribution >= 0.6 is 0 Å². The van der Waals surface area contributed by atoms with E-state index in [1.165, 1.54) is 0 Å². The first-order valence-corrected chi connectivity index (χ1v) is 7.91. The Kier molecular flexibility index (Phi) is 4.75. The first-order valence-electron chi connectivity index (χ1n) is 7.91. The summed E-state index contributed by atoms with van der Waals surface area (Å²) in [6, 6.07) is 15.8. The first kappa shape index (κ1) is 16.0. The van der Waals surface area contributed by atoms with Crippen LogP contribution in [0.15, 0.2) is 60.9 Å². The monoisotopic (exact) mass is 320 g/mol. The Morgan fingerprint density at radius 2 is 1.96 bits per heavy atom. The minimum atomic E-state index is -0.215. The second-order valence-corrected chi connectivity index (χ2v) is 5.77. The molecule has 4 nitrogen and oxygen atoms in total. The van der Waals surface area contributed by atoms with Crippen LogP contribution in [0.1, 0.15) is 24.0 Å². The highest BCUT2D eigenvalue weighted by molar-refractivity contribution is 5.88. The van der Waals surface area contributed by atoms with Crippen LogP contribution < -0.4 is 10.1 Å². The van der Waals surface area contributed by atoms with Gasteiger partial charge >= 0.3 is 0 Å². The van der Waals surface area contributed by atoms with Crippen LogP contribution in [0.2, 0.25) is 0 Å². The number of hydrogen-bond donors (Lipinski definition) is 1. The van der Waals surface area contributed by atoms with E-state index in [1.54, 1.807) is 19.5 Å². The Balaban J connectivity index is 1.72. The van der Waals surface area contributed by atoms with Gasteiger partial charge in [-0.25, -0.2) is 0 Å². The lowest BCUT2D eigenvalue weighted by atomic mass is 9.97. The van der Waals surface area contributed by atoms with E-state index in [1.807, 2.05) is 49.4 Å². The molecule has 24 heavy (non-hydrogen) atoms. The van der Waals surface area contributed by atoms with E-state index in [0.717, 1.165) is 27.6 Å². The highest BCUT2D eigenvalue weighted by atomic mass is 16.5. The average Bonchev–Trinajstić information content (AvgIpc) is 2.65. The van der Waals surface area contributed by atoms with Gasteiger partial charge < -0.3 is 10.1 Å². The van der Waals surface area contributed by atoms with Gasteiger partial charge in [-0.3, -0.25) is 9.78 Å². The van der Waals surface area contributed by atoms with Crippen molar-refractivity contribution in [2.45, 2.75) is 19.4 Å². The third kappa shape index (κ3) is 3.54. The second-order valence-electron chi connectivity index (χ2n) is 5.77.